The largest absolute Gasteiger partial charge is 0.489 e. The van der Waals surface area contributed by atoms with Crippen molar-refractivity contribution in [3.63, 3.8) is 0 Å². The highest BCUT2D eigenvalue weighted by molar-refractivity contribution is 6.21. The Bertz CT molecular complexity index is 347. The minimum Gasteiger partial charge on any atom is -0.489 e. The van der Waals surface area contributed by atoms with Crippen molar-refractivity contribution in [1.82, 2.24) is 0 Å². The first-order valence-electron chi connectivity index (χ1n) is 4.33. The van der Waals surface area contributed by atoms with E-state index in [-0.39, 0.29) is 17.3 Å². The van der Waals surface area contributed by atoms with Crippen molar-refractivity contribution in [2.75, 3.05) is 6.61 Å². The van der Waals surface area contributed by atoms with Crippen molar-refractivity contribution >= 4 is 11.6 Å². The zero-order valence-corrected chi connectivity index (χ0v) is 7.42. The van der Waals surface area contributed by atoms with Gasteiger partial charge in [0.1, 0.15) is 0 Å². The van der Waals surface area contributed by atoms with E-state index in [1.54, 1.807) is 6.92 Å². The summed E-state index contributed by atoms with van der Waals surface area (Å²) in [6, 6.07) is 0. The second-order valence-corrected chi connectivity index (χ2v) is 3.28. The summed E-state index contributed by atoms with van der Waals surface area (Å²) >= 11 is 0. The Kier molecular flexibility index (Phi) is 1.79. The third kappa shape index (κ3) is 1.20. The summed E-state index contributed by atoms with van der Waals surface area (Å²) in [6.45, 7) is 2.19. The smallest absolute Gasteiger partial charge is 0.223 e. The van der Waals surface area contributed by atoms with E-state index in [2.05, 4.69) is 0 Å². The van der Waals surface area contributed by atoms with E-state index < -0.39 is 0 Å². The quantitative estimate of drug-likeness (QED) is 0.522. The number of ether oxygens (including phenoxy) is 1. The predicted molar refractivity (Wildman–Crippen MR) is 46.0 cm³/mol. The van der Waals surface area contributed by atoms with Crippen LogP contribution in [0.1, 0.15) is 19.8 Å². The van der Waals surface area contributed by atoms with Gasteiger partial charge >= 0.3 is 0 Å². The molecule has 0 N–H and O–H groups in total. The summed E-state index contributed by atoms with van der Waals surface area (Å²) in [5.74, 6) is 0.0948. The van der Waals surface area contributed by atoms with Gasteiger partial charge in [0, 0.05) is 11.1 Å². The van der Waals surface area contributed by atoms with Gasteiger partial charge in [0.2, 0.25) is 5.78 Å². The normalized spacial score (nSPS) is 22.4. The fourth-order valence-corrected chi connectivity index (χ4v) is 1.59. The minimum absolute atomic E-state index is 0.0631. The number of allylic oxidation sites excluding steroid dienone is 3. The number of hydrogen-bond donors (Lipinski definition) is 0. The van der Waals surface area contributed by atoms with Crippen LogP contribution >= 0.6 is 0 Å². The van der Waals surface area contributed by atoms with E-state index in [4.69, 9.17) is 4.74 Å². The van der Waals surface area contributed by atoms with E-state index in [1.807, 2.05) is 0 Å². The lowest BCUT2D eigenvalue weighted by atomic mass is 9.92. The van der Waals surface area contributed by atoms with E-state index >= 15 is 0 Å². The van der Waals surface area contributed by atoms with E-state index in [0.29, 0.717) is 24.2 Å². The average Bonchev–Trinajstić information content (AvgIpc) is 2.15. The molecule has 0 saturated heterocycles. The maximum absolute atomic E-state index is 11.5. The standard InChI is InChI=1S/C10H10O3/c1-6-5-8(11)7-3-2-4-13-10(7)9(6)12/h5H,2-4H2,1H3. The number of rotatable bonds is 0. The number of ketones is 2. The van der Waals surface area contributed by atoms with Crippen LogP contribution in [0, 0.1) is 0 Å². The molecule has 0 aromatic rings. The lowest BCUT2D eigenvalue weighted by molar-refractivity contribution is -0.119. The third-order valence-electron chi connectivity index (χ3n) is 2.30. The maximum Gasteiger partial charge on any atom is 0.223 e. The molecule has 0 aromatic heterocycles. The fourth-order valence-electron chi connectivity index (χ4n) is 1.59. The zero-order valence-electron chi connectivity index (χ0n) is 7.42. The monoisotopic (exact) mass is 178 g/mol. The van der Waals surface area contributed by atoms with Gasteiger partial charge in [-0.2, -0.15) is 0 Å². The van der Waals surface area contributed by atoms with Crippen LogP contribution in [0.4, 0.5) is 0 Å². The molecule has 0 amide bonds. The average molecular weight is 178 g/mol. The molecule has 0 spiro atoms. The molecule has 3 heteroatoms. The van der Waals surface area contributed by atoms with Gasteiger partial charge in [-0.1, -0.05) is 0 Å². The van der Waals surface area contributed by atoms with Crippen LogP contribution in [0.5, 0.6) is 0 Å². The molecule has 0 radical (unpaired) electrons. The molecule has 2 rings (SSSR count). The van der Waals surface area contributed by atoms with Crippen LogP contribution in [-0.2, 0) is 14.3 Å². The van der Waals surface area contributed by atoms with E-state index in [0.717, 1.165) is 6.42 Å². The second kappa shape index (κ2) is 2.83. The van der Waals surface area contributed by atoms with Crippen molar-refractivity contribution in [2.45, 2.75) is 19.8 Å². The molecule has 1 aliphatic carbocycles. The highest BCUT2D eigenvalue weighted by atomic mass is 16.5. The van der Waals surface area contributed by atoms with Gasteiger partial charge < -0.3 is 4.74 Å². The molecule has 0 fully saturated rings. The summed E-state index contributed by atoms with van der Waals surface area (Å²) in [5.41, 5.74) is 1.03. The van der Waals surface area contributed by atoms with Gasteiger partial charge in [-0.15, -0.1) is 0 Å². The lowest BCUT2D eigenvalue weighted by Gasteiger charge is -2.21. The highest BCUT2D eigenvalue weighted by Crippen LogP contribution is 2.26. The summed E-state index contributed by atoms with van der Waals surface area (Å²) in [4.78, 5) is 22.9. The van der Waals surface area contributed by atoms with Crippen molar-refractivity contribution in [1.29, 1.82) is 0 Å². The van der Waals surface area contributed by atoms with Crippen LogP contribution in [-0.4, -0.2) is 18.2 Å². The van der Waals surface area contributed by atoms with Crippen LogP contribution in [0.25, 0.3) is 0 Å². The Morgan fingerprint density at radius 3 is 2.92 bits per heavy atom. The first kappa shape index (κ1) is 8.23. The molecular weight excluding hydrogens is 168 g/mol. The Morgan fingerprint density at radius 2 is 2.15 bits per heavy atom. The maximum atomic E-state index is 11.5. The number of carbonyl (C=O) groups is 2. The lowest BCUT2D eigenvalue weighted by Crippen LogP contribution is -2.23. The molecule has 0 atom stereocenters. The topological polar surface area (TPSA) is 43.4 Å². The van der Waals surface area contributed by atoms with Gasteiger partial charge in [-0.25, -0.2) is 0 Å². The summed E-state index contributed by atoms with van der Waals surface area (Å²) in [6.07, 6.45) is 2.89. The summed E-state index contributed by atoms with van der Waals surface area (Å²) < 4.78 is 5.20. The van der Waals surface area contributed by atoms with Crippen LogP contribution < -0.4 is 0 Å². The van der Waals surface area contributed by atoms with Crippen LogP contribution in [0.2, 0.25) is 0 Å². The third-order valence-corrected chi connectivity index (χ3v) is 2.30. The molecule has 0 aromatic carbocycles. The fraction of sp³-hybridized carbons (Fsp3) is 0.400. The zero-order chi connectivity index (χ0) is 9.42. The Balaban J connectivity index is 2.45. The number of Topliss-reactive ketones (excluding diaryl/α,β-unsaturated/α-hetero) is 1. The first-order chi connectivity index (χ1) is 6.20. The molecule has 68 valence electrons. The van der Waals surface area contributed by atoms with Gasteiger partial charge in [0.25, 0.3) is 0 Å². The van der Waals surface area contributed by atoms with Gasteiger partial charge in [-0.3, -0.25) is 9.59 Å². The van der Waals surface area contributed by atoms with Crippen LogP contribution in [0.15, 0.2) is 23.0 Å². The molecule has 3 nitrogen and oxygen atoms in total. The minimum atomic E-state index is -0.130. The SMILES string of the molecule is CC1=CC(=O)C2=C(OCCC2)C1=O. The second-order valence-electron chi connectivity index (χ2n) is 3.28. The molecular formula is C10H10O3. The number of hydrogen-bond acceptors (Lipinski definition) is 3. The predicted octanol–water partition coefficient (Wildman–Crippen LogP) is 1.15. The molecule has 0 saturated carbocycles. The van der Waals surface area contributed by atoms with Crippen LogP contribution in [0.3, 0.4) is 0 Å². The molecule has 0 unspecified atom stereocenters. The van der Waals surface area contributed by atoms with Gasteiger partial charge in [0.15, 0.2) is 11.5 Å². The number of carbonyl (C=O) groups excluding carboxylic acids is 2. The Hall–Kier alpha value is -1.38. The molecule has 1 heterocycles. The molecule has 1 aliphatic heterocycles. The molecule has 0 bridgehead atoms. The highest BCUT2D eigenvalue weighted by Gasteiger charge is 2.29. The Morgan fingerprint density at radius 1 is 1.38 bits per heavy atom. The summed E-state index contributed by atoms with van der Waals surface area (Å²) in [7, 11) is 0. The van der Waals surface area contributed by atoms with Crippen molar-refractivity contribution in [3.05, 3.63) is 23.0 Å². The molecule has 13 heavy (non-hydrogen) atoms. The van der Waals surface area contributed by atoms with Crippen molar-refractivity contribution in [3.8, 4) is 0 Å². The summed E-state index contributed by atoms with van der Waals surface area (Å²) in [5, 5.41) is 0. The van der Waals surface area contributed by atoms with Gasteiger partial charge in [-0.05, 0) is 25.8 Å². The first-order valence-corrected chi connectivity index (χ1v) is 4.33. The van der Waals surface area contributed by atoms with Gasteiger partial charge in [0.05, 0.1) is 6.61 Å². The van der Waals surface area contributed by atoms with Crippen molar-refractivity contribution < 1.29 is 14.3 Å². The molecule has 2 aliphatic rings. The Labute approximate surface area is 76.1 Å². The van der Waals surface area contributed by atoms with E-state index in [1.165, 1.54) is 6.08 Å². The van der Waals surface area contributed by atoms with E-state index in [9.17, 15) is 9.59 Å². The van der Waals surface area contributed by atoms with Crippen molar-refractivity contribution in [2.24, 2.45) is 0 Å².